The van der Waals surface area contributed by atoms with Crippen molar-refractivity contribution in [3.63, 3.8) is 0 Å². The highest BCUT2D eigenvalue weighted by Crippen LogP contribution is 2.47. The first kappa shape index (κ1) is 20.0. The van der Waals surface area contributed by atoms with Gasteiger partial charge in [0.1, 0.15) is 11.5 Å². The Morgan fingerprint density at radius 1 is 1.03 bits per heavy atom. The summed E-state index contributed by atoms with van der Waals surface area (Å²) in [5.74, 6) is 0.267. The molecule has 1 aliphatic rings. The van der Waals surface area contributed by atoms with Crippen LogP contribution < -0.4 is 10.5 Å². The molecule has 0 N–H and O–H groups in total. The molecule has 0 saturated heterocycles. The molecule has 6 heteroatoms. The van der Waals surface area contributed by atoms with Crippen LogP contribution in [0.2, 0.25) is 0 Å². The van der Waals surface area contributed by atoms with Crippen LogP contribution in [0.1, 0.15) is 30.5 Å². The van der Waals surface area contributed by atoms with Crippen molar-refractivity contribution in [3.8, 4) is 11.1 Å². The summed E-state index contributed by atoms with van der Waals surface area (Å²) in [7, 11) is 0. The maximum absolute atomic E-state index is 13.6. The number of benzene rings is 2. The number of carbonyl (C=O) groups is 1. The fourth-order valence-corrected chi connectivity index (χ4v) is 4.38. The van der Waals surface area contributed by atoms with E-state index in [2.05, 4.69) is 0 Å². The van der Waals surface area contributed by atoms with E-state index in [0.717, 1.165) is 22.4 Å². The molecule has 0 aliphatic carbocycles. The number of aryl methyl sites for hydroxylation is 1. The first-order valence-corrected chi connectivity index (χ1v) is 10.7. The van der Waals surface area contributed by atoms with Crippen molar-refractivity contribution < 1.29 is 9.53 Å². The first-order valence-electron chi connectivity index (χ1n) is 10.7. The van der Waals surface area contributed by atoms with E-state index in [1.54, 1.807) is 17.5 Å². The maximum atomic E-state index is 13.6. The monoisotopic (exact) mass is 425 g/mol. The third-order valence-corrected chi connectivity index (χ3v) is 5.82. The van der Waals surface area contributed by atoms with Crippen LogP contribution in [0.15, 0.2) is 77.7 Å². The van der Waals surface area contributed by atoms with Crippen LogP contribution >= 0.6 is 0 Å². The molecular weight excluding hydrogens is 402 g/mol. The van der Waals surface area contributed by atoms with Gasteiger partial charge in [0.05, 0.1) is 24.6 Å². The quantitative estimate of drug-likeness (QED) is 0.439. The third-order valence-electron chi connectivity index (χ3n) is 5.82. The Morgan fingerprint density at radius 3 is 2.56 bits per heavy atom. The van der Waals surface area contributed by atoms with Crippen LogP contribution in [-0.4, -0.2) is 22.0 Å². The van der Waals surface area contributed by atoms with Crippen molar-refractivity contribution in [1.29, 1.82) is 0 Å². The van der Waals surface area contributed by atoms with Gasteiger partial charge in [-0.05, 0) is 49.2 Å². The van der Waals surface area contributed by atoms with Gasteiger partial charge in [0.25, 0.3) is 5.56 Å². The number of hydrogen-bond acceptors (Lipinski definition) is 5. The molecule has 0 fully saturated rings. The molecule has 32 heavy (non-hydrogen) atoms. The molecule has 2 aromatic heterocycles. The third kappa shape index (κ3) is 3.24. The number of aromatic nitrogens is 2. The summed E-state index contributed by atoms with van der Waals surface area (Å²) >= 11 is 0. The van der Waals surface area contributed by atoms with Gasteiger partial charge >= 0.3 is 5.97 Å². The largest absolute Gasteiger partial charge is 0.466 e. The second-order valence-electron chi connectivity index (χ2n) is 7.86. The molecular formula is C26H23N3O3. The molecule has 0 amide bonds. The molecule has 1 unspecified atom stereocenters. The van der Waals surface area contributed by atoms with Gasteiger partial charge < -0.3 is 9.64 Å². The van der Waals surface area contributed by atoms with Gasteiger partial charge in [-0.25, -0.2) is 4.98 Å². The molecule has 0 saturated carbocycles. The summed E-state index contributed by atoms with van der Waals surface area (Å²) in [5.41, 5.74) is 4.66. The Hall–Kier alpha value is -3.93. The summed E-state index contributed by atoms with van der Waals surface area (Å²) < 4.78 is 6.86. The number of nitrogens with zero attached hydrogens (tertiary/aromatic N) is 3. The van der Waals surface area contributed by atoms with Crippen LogP contribution in [0.3, 0.4) is 0 Å². The van der Waals surface area contributed by atoms with E-state index in [-0.39, 0.29) is 24.0 Å². The summed E-state index contributed by atoms with van der Waals surface area (Å²) in [5, 5.41) is 0. The summed E-state index contributed by atoms with van der Waals surface area (Å²) in [6.45, 7) is 4.14. The van der Waals surface area contributed by atoms with E-state index in [4.69, 9.17) is 9.72 Å². The molecule has 0 radical (unpaired) electrons. The van der Waals surface area contributed by atoms with E-state index in [1.807, 2.05) is 78.6 Å². The molecule has 0 bridgehead atoms. The number of rotatable bonds is 4. The van der Waals surface area contributed by atoms with Crippen LogP contribution in [0.5, 0.6) is 0 Å². The molecule has 3 heterocycles. The zero-order valence-corrected chi connectivity index (χ0v) is 18.0. The minimum absolute atomic E-state index is 0.134. The molecule has 4 aromatic rings. The molecule has 6 nitrogen and oxygen atoms in total. The lowest BCUT2D eigenvalue weighted by atomic mass is 9.88. The molecule has 1 atom stereocenters. The fourth-order valence-electron chi connectivity index (χ4n) is 4.38. The Bertz CT molecular complexity index is 1380. The van der Waals surface area contributed by atoms with E-state index in [1.165, 1.54) is 0 Å². The Morgan fingerprint density at radius 2 is 1.78 bits per heavy atom. The summed E-state index contributed by atoms with van der Waals surface area (Å²) in [6, 6.07) is 20.9. The second kappa shape index (κ2) is 7.96. The zero-order valence-electron chi connectivity index (χ0n) is 18.0. The Balaban J connectivity index is 1.82. The van der Waals surface area contributed by atoms with E-state index < -0.39 is 0 Å². The van der Waals surface area contributed by atoms with Crippen molar-refractivity contribution in [2.75, 3.05) is 11.5 Å². The molecule has 2 aromatic carbocycles. The minimum atomic E-state index is -0.349. The normalized spacial score (nSPS) is 14.7. The molecule has 160 valence electrons. The standard InChI is InChI=1S/C26H23N3O3/c1-3-32-23(30)16-21-19-8-4-5-9-20(19)24-25(29(21)18-13-11-17(2)12-14-18)27-22-10-6-7-15-28(22)26(24)31/h4-15,21H,3,16H2,1-2H3. The highest BCUT2D eigenvalue weighted by Gasteiger charge is 2.36. The fraction of sp³-hybridized carbons (Fsp3) is 0.192. The number of carbonyl (C=O) groups excluding carboxylic acids is 1. The average Bonchev–Trinajstić information content (AvgIpc) is 2.80. The lowest BCUT2D eigenvalue weighted by Gasteiger charge is -2.38. The first-order chi connectivity index (χ1) is 15.6. The Labute approximate surface area is 185 Å². The lowest BCUT2D eigenvalue weighted by molar-refractivity contribution is -0.143. The topological polar surface area (TPSA) is 63.9 Å². The van der Waals surface area contributed by atoms with Gasteiger partial charge in [-0.3, -0.25) is 14.0 Å². The number of hydrogen-bond donors (Lipinski definition) is 0. The van der Waals surface area contributed by atoms with Crippen LogP contribution in [-0.2, 0) is 9.53 Å². The van der Waals surface area contributed by atoms with E-state index in [9.17, 15) is 9.59 Å². The lowest BCUT2D eigenvalue weighted by Crippen LogP contribution is -2.34. The van der Waals surface area contributed by atoms with Gasteiger partial charge in [-0.1, -0.05) is 48.0 Å². The number of ether oxygens (including phenoxy) is 1. The van der Waals surface area contributed by atoms with Crippen molar-refractivity contribution >= 4 is 23.1 Å². The smallest absolute Gasteiger partial charge is 0.308 e. The van der Waals surface area contributed by atoms with Gasteiger partial charge in [-0.2, -0.15) is 0 Å². The summed E-state index contributed by atoms with van der Waals surface area (Å²) in [6.07, 6.45) is 1.88. The second-order valence-corrected chi connectivity index (χ2v) is 7.86. The van der Waals surface area contributed by atoms with Crippen molar-refractivity contribution in [1.82, 2.24) is 9.38 Å². The van der Waals surface area contributed by atoms with Crippen molar-refractivity contribution in [3.05, 3.63) is 94.4 Å². The van der Waals surface area contributed by atoms with Crippen molar-refractivity contribution in [2.24, 2.45) is 0 Å². The number of fused-ring (bicyclic) bond motifs is 4. The van der Waals surface area contributed by atoms with Gasteiger partial charge in [0.15, 0.2) is 0 Å². The summed E-state index contributed by atoms with van der Waals surface area (Å²) in [4.78, 5) is 33.1. The van der Waals surface area contributed by atoms with Gasteiger partial charge in [-0.15, -0.1) is 0 Å². The minimum Gasteiger partial charge on any atom is -0.466 e. The highest BCUT2D eigenvalue weighted by molar-refractivity contribution is 5.88. The molecule has 1 aliphatic heterocycles. The average molecular weight is 425 g/mol. The number of anilines is 2. The SMILES string of the molecule is CCOC(=O)CC1c2ccccc2-c2c(nc3ccccn3c2=O)N1c1ccc(C)cc1. The Kier molecular flexibility index (Phi) is 4.98. The van der Waals surface area contributed by atoms with Crippen LogP contribution in [0, 0.1) is 6.92 Å². The number of esters is 1. The predicted octanol–water partition coefficient (Wildman–Crippen LogP) is 4.82. The van der Waals surface area contributed by atoms with E-state index >= 15 is 0 Å². The number of pyridine rings is 1. The van der Waals surface area contributed by atoms with Crippen LogP contribution in [0.25, 0.3) is 16.8 Å². The molecule has 0 spiro atoms. The zero-order chi connectivity index (χ0) is 22.2. The van der Waals surface area contributed by atoms with Gasteiger partial charge in [0.2, 0.25) is 0 Å². The van der Waals surface area contributed by atoms with E-state index in [0.29, 0.717) is 23.6 Å². The van der Waals surface area contributed by atoms with Gasteiger partial charge in [0, 0.05) is 11.9 Å². The maximum Gasteiger partial charge on any atom is 0.308 e. The molecule has 5 rings (SSSR count). The predicted molar refractivity (Wildman–Crippen MR) is 124 cm³/mol. The van der Waals surface area contributed by atoms with Crippen LogP contribution in [0.4, 0.5) is 11.5 Å². The highest BCUT2D eigenvalue weighted by atomic mass is 16.5. The van der Waals surface area contributed by atoms with Crippen molar-refractivity contribution in [2.45, 2.75) is 26.3 Å².